The number of hydroxylamine groups is 1. The first-order chi connectivity index (χ1) is 6.86. The van der Waals surface area contributed by atoms with E-state index in [-0.39, 0.29) is 12.0 Å². The van der Waals surface area contributed by atoms with Gasteiger partial charge in [0.2, 0.25) is 0 Å². The van der Waals surface area contributed by atoms with Crippen LogP contribution in [0.1, 0.15) is 12.8 Å². The highest BCUT2D eigenvalue weighted by Gasteiger charge is 2.26. The molecule has 2 unspecified atom stereocenters. The van der Waals surface area contributed by atoms with Crippen molar-refractivity contribution in [3.63, 3.8) is 0 Å². The fraction of sp³-hybridized carbons (Fsp3) is 0.889. The lowest BCUT2D eigenvalue weighted by molar-refractivity contribution is -0.158. The van der Waals surface area contributed by atoms with Crippen molar-refractivity contribution in [1.29, 1.82) is 0 Å². The fourth-order valence-electron chi connectivity index (χ4n) is 1.45. The molecule has 0 bridgehead atoms. The first kappa shape index (κ1) is 9.89. The van der Waals surface area contributed by atoms with Gasteiger partial charge in [0.1, 0.15) is 6.10 Å². The molecule has 0 radical (unpaired) electrons. The summed E-state index contributed by atoms with van der Waals surface area (Å²) < 4.78 is 10.2. The highest BCUT2D eigenvalue weighted by atomic mass is 16.7. The second kappa shape index (κ2) is 4.72. The molecule has 1 N–H and O–H groups in total. The van der Waals surface area contributed by atoms with Crippen LogP contribution in [0, 0.1) is 5.92 Å². The normalized spacial score (nSPS) is 31.1. The number of hydrogen-bond acceptors (Lipinski definition) is 4. The molecule has 0 aliphatic carbocycles. The number of ether oxygens (including phenoxy) is 2. The lowest BCUT2D eigenvalue weighted by Gasteiger charge is -2.24. The van der Waals surface area contributed by atoms with Gasteiger partial charge in [-0.25, -0.2) is 5.48 Å². The Bertz CT molecular complexity index is 199. The average molecular weight is 201 g/mol. The van der Waals surface area contributed by atoms with E-state index in [4.69, 9.17) is 14.3 Å². The molecule has 14 heavy (non-hydrogen) atoms. The molecule has 0 aromatic rings. The first-order valence-corrected chi connectivity index (χ1v) is 4.97. The summed E-state index contributed by atoms with van der Waals surface area (Å²) in [6.07, 6.45) is 1.51. The molecular weight excluding hydrogens is 186 g/mol. The van der Waals surface area contributed by atoms with Crippen LogP contribution in [0.4, 0.5) is 0 Å². The van der Waals surface area contributed by atoms with Gasteiger partial charge in [-0.3, -0.25) is 9.63 Å². The maximum atomic E-state index is 11.2. The van der Waals surface area contributed by atoms with E-state index in [1.807, 2.05) is 0 Å². The second-order valence-electron chi connectivity index (χ2n) is 3.66. The summed E-state index contributed by atoms with van der Waals surface area (Å²) >= 11 is 0. The molecule has 2 heterocycles. The van der Waals surface area contributed by atoms with E-state index in [2.05, 4.69) is 5.48 Å². The lowest BCUT2D eigenvalue weighted by atomic mass is 10.1. The molecule has 0 aromatic heterocycles. The summed E-state index contributed by atoms with van der Waals surface area (Å²) in [5.41, 5.74) is 2.39. The highest BCUT2D eigenvalue weighted by molar-refractivity contribution is 5.80. The molecule has 2 rings (SSSR count). The van der Waals surface area contributed by atoms with Crippen molar-refractivity contribution in [3.05, 3.63) is 0 Å². The molecule has 80 valence electrons. The third-order valence-electron chi connectivity index (χ3n) is 2.51. The first-order valence-electron chi connectivity index (χ1n) is 4.97. The van der Waals surface area contributed by atoms with Gasteiger partial charge in [-0.2, -0.15) is 0 Å². The summed E-state index contributed by atoms with van der Waals surface area (Å²) in [6, 6.07) is 0. The lowest BCUT2D eigenvalue weighted by Crippen LogP contribution is -2.43. The molecule has 2 aliphatic heterocycles. The Kier molecular flexibility index (Phi) is 3.34. The summed E-state index contributed by atoms with van der Waals surface area (Å²) in [4.78, 5) is 16.3. The molecule has 1 amide bonds. The maximum absolute atomic E-state index is 11.2. The van der Waals surface area contributed by atoms with Gasteiger partial charge in [0.15, 0.2) is 0 Å². The number of hydrogen-bond donors (Lipinski definition) is 1. The predicted molar refractivity (Wildman–Crippen MR) is 47.4 cm³/mol. The van der Waals surface area contributed by atoms with E-state index in [0.717, 1.165) is 26.1 Å². The molecule has 5 heteroatoms. The van der Waals surface area contributed by atoms with Crippen LogP contribution in [-0.2, 0) is 19.1 Å². The van der Waals surface area contributed by atoms with Crippen molar-refractivity contribution < 1.29 is 19.1 Å². The SMILES string of the molecule is O=C(NOCC1CCOC1)C1CCO1. The Morgan fingerprint density at radius 2 is 2.29 bits per heavy atom. The topological polar surface area (TPSA) is 56.8 Å². The molecule has 0 aromatic carbocycles. The minimum absolute atomic E-state index is 0.171. The third-order valence-corrected chi connectivity index (χ3v) is 2.51. The zero-order valence-electron chi connectivity index (χ0n) is 8.03. The van der Waals surface area contributed by atoms with Gasteiger partial charge in [0.25, 0.3) is 5.91 Å². The van der Waals surface area contributed by atoms with Gasteiger partial charge < -0.3 is 9.47 Å². The molecule has 0 saturated carbocycles. The largest absolute Gasteiger partial charge is 0.381 e. The Morgan fingerprint density at radius 1 is 1.43 bits per heavy atom. The standard InChI is InChI=1S/C9H15NO4/c11-9(8-2-4-13-8)10-14-6-7-1-3-12-5-7/h7-8H,1-6H2,(H,10,11). The van der Waals surface area contributed by atoms with Crippen LogP contribution in [0.5, 0.6) is 0 Å². The summed E-state index contributed by atoms with van der Waals surface area (Å²) in [5, 5.41) is 0. The summed E-state index contributed by atoms with van der Waals surface area (Å²) in [5.74, 6) is 0.243. The Hall–Kier alpha value is -0.650. The van der Waals surface area contributed by atoms with Crippen molar-refractivity contribution in [2.45, 2.75) is 18.9 Å². The minimum Gasteiger partial charge on any atom is -0.381 e. The number of amides is 1. The van der Waals surface area contributed by atoms with E-state index >= 15 is 0 Å². The van der Waals surface area contributed by atoms with Crippen LogP contribution < -0.4 is 5.48 Å². The second-order valence-corrected chi connectivity index (χ2v) is 3.66. The molecule has 0 spiro atoms. The molecule has 2 aliphatic rings. The smallest absolute Gasteiger partial charge is 0.272 e. The monoisotopic (exact) mass is 201 g/mol. The van der Waals surface area contributed by atoms with Crippen molar-refractivity contribution in [2.75, 3.05) is 26.4 Å². The predicted octanol–water partition coefficient (Wildman–Crippen LogP) is -0.140. The Balaban J connectivity index is 1.55. The van der Waals surface area contributed by atoms with Crippen molar-refractivity contribution in [3.8, 4) is 0 Å². The van der Waals surface area contributed by atoms with Crippen LogP contribution in [-0.4, -0.2) is 38.4 Å². The van der Waals surface area contributed by atoms with Crippen LogP contribution in [0.3, 0.4) is 0 Å². The Morgan fingerprint density at radius 3 is 2.86 bits per heavy atom. The number of carbonyl (C=O) groups is 1. The molecule has 2 saturated heterocycles. The highest BCUT2D eigenvalue weighted by Crippen LogP contribution is 2.13. The molecule has 2 fully saturated rings. The van der Waals surface area contributed by atoms with Gasteiger partial charge in [0.05, 0.1) is 19.8 Å². The van der Waals surface area contributed by atoms with Crippen LogP contribution in [0.25, 0.3) is 0 Å². The molecule has 2 atom stereocenters. The van der Waals surface area contributed by atoms with Gasteiger partial charge in [0, 0.05) is 18.9 Å². The molecular formula is C9H15NO4. The quantitative estimate of drug-likeness (QED) is 0.643. The van der Waals surface area contributed by atoms with E-state index in [1.165, 1.54) is 0 Å². The van der Waals surface area contributed by atoms with Crippen molar-refractivity contribution in [1.82, 2.24) is 5.48 Å². The van der Waals surface area contributed by atoms with Gasteiger partial charge >= 0.3 is 0 Å². The van der Waals surface area contributed by atoms with Crippen LogP contribution in [0.2, 0.25) is 0 Å². The molecule has 5 nitrogen and oxygen atoms in total. The van der Waals surface area contributed by atoms with Gasteiger partial charge in [-0.1, -0.05) is 0 Å². The van der Waals surface area contributed by atoms with Crippen LogP contribution in [0.15, 0.2) is 0 Å². The third kappa shape index (κ3) is 2.43. The van der Waals surface area contributed by atoms with Gasteiger partial charge in [-0.15, -0.1) is 0 Å². The van der Waals surface area contributed by atoms with Gasteiger partial charge in [-0.05, 0) is 6.42 Å². The Labute approximate surface area is 82.7 Å². The van der Waals surface area contributed by atoms with E-state index in [9.17, 15) is 4.79 Å². The van der Waals surface area contributed by atoms with E-state index < -0.39 is 0 Å². The zero-order valence-corrected chi connectivity index (χ0v) is 8.03. The van der Waals surface area contributed by atoms with E-state index in [0.29, 0.717) is 19.1 Å². The fourth-order valence-corrected chi connectivity index (χ4v) is 1.45. The van der Waals surface area contributed by atoms with E-state index in [1.54, 1.807) is 0 Å². The van der Waals surface area contributed by atoms with Crippen LogP contribution >= 0.6 is 0 Å². The summed E-state index contributed by atoms with van der Waals surface area (Å²) in [6.45, 7) is 2.73. The average Bonchev–Trinajstić information content (AvgIpc) is 2.53. The minimum atomic E-state index is -0.296. The maximum Gasteiger partial charge on any atom is 0.272 e. The van der Waals surface area contributed by atoms with Crippen molar-refractivity contribution in [2.24, 2.45) is 5.92 Å². The summed E-state index contributed by atoms with van der Waals surface area (Å²) in [7, 11) is 0. The van der Waals surface area contributed by atoms with Crippen molar-refractivity contribution >= 4 is 5.91 Å². The number of rotatable bonds is 4. The zero-order chi connectivity index (χ0) is 9.80. The number of carbonyl (C=O) groups excluding carboxylic acids is 1. The number of nitrogens with one attached hydrogen (secondary N) is 1.